The van der Waals surface area contributed by atoms with Crippen molar-refractivity contribution in [1.82, 2.24) is 4.90 Å². The van der Waals surface area contributed by atoms with Crippen molar-refractivity contribution in [3.8, 4) is 0 Å². The van der Waals surface area contributed by atoms with E-state index in [1.165, 1.54) is 23.1 Å². The molecule has 1 fully saturated rings. The van der Waals surface area contributed by atoms with E-state index in [4.69, 9.17) is 0 Å². The van der Waals surface area contributed by atoms with E-state index in [2.05, 4.69) is 15.9 Å². The van der Waals surface area contributed by atoms with Gasteiger partial charge in [-0.3, -0.25) is 14.9 Å². The number of hydrogen-bond acceptors (Lipinski definition) is 5. The van der Waals surface area contributed by atoms with Crippen molar-refractivity contribution in [3.05, 3.63) is 38.3 Å². The number of carbonyl (C=O) groups excluding carboxylic acids is 1. The fraction of sp³-hybridized carbons (Fsp3) is 0.364. The van der Waals surface area contributed by atoms with Gasteiger partial charge in [0.1, 0.15) is 4.47 Å². The third-order valence-corrected chi connectivity index (χ3v) is 5.48. The van der Waals surface area contributed by atoms with E-state index in [1.54, 1.807) is 0 Å². The summed E-state index contributed by atoms with van der Waals surface area (Å²) in [6.45, 7) is 0.215. The first kappa shape index (κ1) is 14.9. The van der Waals surface area contributed by atoms with Crippen molar-refractivity contribution in [3.63, 3.8) is 0 Å². The number of amides is 1. The molecule has 1 heterocycles. The Labute approximate surface area is 123 Å². The normalized spacial score (nSPS) is 17.8. The average molecular weight is 363 g/mol. The minimum Gasteiger partial charge on any atom is -0.337 e. The first-order chi connectivity index (χ1) is 9.32. The summed E-state index contributed by atoms with van der Waals surface area (Å²) in [4.78, 5) is 23.9. The molecule has 2 rings (SSSR count). The number of nitro benzene ring substituents is 1. The number of nitrogens with zero attached hydrogens (tertiary/aromatic N) is 2. The van der Waals surface area contributed by atoms with Gasteiger partial charge >= 0.3 is 0 Å². The van der Waals surface area contributed by atoms with Crippen LogP contribution < -0.4 is 0 Å². The Morgan fingerprint density at radius 2 is 1.90 bits per heavy atom. The van der Waals surface area contributed by atoms with Crippen LogP contribution >= 0.6 is 15.9 Å². The second-order valence-electron chi connectivity index (χ2n) is 4.34. The summed E-state index contributed by atoms with van der Waals surface area (Å²) in [5, 5.41) is 10.8. The smallest absolute Gasteiger partial charge is 0.284 e. The second-order valence-corrected chi connectivity index (χ2v) is 7.44. The van der Waals surface area contributed by atoms with Crippen LogP contribution in [0.15, 0.2) is 22.7 Å². The van der Waals surface area contributed by atoms with Gasteiger partial charge < -0.3 is 4.90 Å². The summed E-state index contributed by atoms with van der Waals surface area (Å²) in [6.07, 6.45) is 0. The molecule has 0 bridgehead atoms. The van der Waals surface area contributed by atoms with E-state index in [1.807, 2.05) is 0 Å². The number of rotatable bonds is 2. The van der Waals surface area contributed by atoms with Crippen LogP contribution in [0.25, 0.3) is 0 Å². The van der Waals surface area contributed by atoms with Crippen molar-refractivity contribution in [1.29, 1.82) is 0 Å². The predicted octanol–water partition coefficient (Wildman–Crippen LogP) is 1.23. The lowest BCUT2D eigenvalue weighted by atomic mass is 10.1. The van der Waals surface area contributed by atoms with E-state index in [0.29, 0.717) is 0 Å². The van der Waals surface area contributed by atoms with E-state index in [0.717, 1.165) is 0 Å². The van der Waals surface area contributed by atoms with Gasteiger partial charge in [0.2, 0.25) is 0 Å². The molecule has 0 aromatic heterocycles. The molecule has 1 amide bonds. The second kappa shape index (κ2) is 5.49. The van der Waals surface area contributed by atoms with E-state index in [-0.39, 0.29) is 40.3 Å². The van der Waals surface area contributed by atoms with Gasteiger partial charge in [0, 0.05) is 19.2 Å². The van der Waals surface area contributed by atoms with Crippen molar-refractivity contribution in [2.24, 2.45) is 0 Å². The highest BCUT2D eigenvalue weighted by atomic mass is 79.9. The lowest BCUT2D eigenvalue weighted by Crippen LogP contribution is -2.43. The topological polar surface area (TPSA) is 97.6 Å². The zero-order valence-corrected chi connectivity index (χ0v) is 12.7. The number of sulfone groups is 1. The summed E-state index contributed by atoms with van der Waals surface area (Å²) in [7, 11) is -3.08. The fourth-order valence-electron chi connectivity index (χ4n) is 1.91. The van der Waals surface area contributed by atoms with Gasteiger partial charge in [-0.05, 0) is 22.0 Å². The molecule has 0 radical (unpaired) electrons. The first-order valence-corrected chi connectivity index (χ1v) is 8.36. The van der Waals surface area contributed by atoms with Crippen molar-refractivity contribution >= 4 is 37.4 Å². The summed E-state index contributed by atoms with van der Waals surface area (Å²) in [6, 6.07) is 4.20. The maximum absolute atomic E-state index is 12.3. The molecule has 1 aromatic rings. The van der Waals surface area contributed by atoms with Gasteiger partial charge in [-0.15, -0.1) is 0 Å². The molecule has 1 aliphatic rings. The Hall–Kier alpha value is -1.48. The Bertz CT molecular complexity index is 659. The quantitative estimate of drug-likeness (QED) is 0.582. The zero-order valence-electron chi connectivity index (χ0n) is 10.3. The summed E-state index contributed by atoms with van der Waals surface area (Å²) >= 11 is 3.06. The molecule has 0 spiro atoms. The Balaban J connectivity index is 2.27. The van der Waals surface area contributed by atoms with Gasteiger partial charge in [-0.2, -0.15) is 0 Å². The molecule has 0 N–H and O–H groups in total. The molecule has 20 heavy (non-hydrogen) atoms. The lowest BCUT2D eigenvalue weighted by Gasteiger charge is -2.27. The van der Waals surface area contributed by atoms with Crippen molar-refractivity contribution < 1.29 is 18.1 Å². The van der Waals surface area contributed by atoms with Crippen LogP contribution in [0.2, 0.25) is 0 Å². The predicted molar refractivity (Wildman–Crippen MR) is 75.4 cm³/mol. The summed E-state index contributed by atoms with van der Waals surface area (Å²) in [5.74, 6) is -0.563. The molecule has 0 aliphatic carbocycles. The minimum atomic E-state index is -3.08. The molecule has 108 valence electrons. The third kappa shape index (κ3) is 2.98. The highest BCUT2D eigenvalue weighted by molar-refractivity contribution is 9.10. The molecule has 1 aliphatic heterocycles. The molecule has 1 aromatic carbocycles. The number of halogens is 1. The van der Waals surface area contributed by atoms with Gasteiger partial charge in [0.15, 0.2) is 9.84 Å². The standard InChI is InChI=1S/C11H11BrN2O5S/c12-10-8(2-1-3-9(10)14(16)17)11(15)13-4-6-20(18,19)7-5-13/h1-3H,4-7H2. The largest absolute Gasteiger partial charge is 0.337 e. The Morgan fingerprint density at radius 3 is 2.45 bits per heavy atom. The highest BCUT2D eigenvalue weighted by Gasteiger charge is 2.28. The SMILES string of the molecule is O=C(c1cccc([N+](=O)[O-])c1Br)N1CCS(=O)(=O)CC1. The maximum Gasteiger partial charge on any atom is 0.284 e. The molecular weight excluding hydrogens is 352 g/mol. The highest BCUT2D eigenvalue weighted by Crippen LogP contribution is 2.29. The van der Waals surface area contributed by atoms with E-state index >= 15 is 0 Å². The van der Waals surface area contributed by atoms with Crippen LogP contribution in [-0.2, 0) is 9.84 Å². The zero-order chi connectivity index (χ0) is 14.9. The molecule has 1 saturated heterocycles. The van der Waals surface area contributed by atoms with Gasteiger partial charge in [0.25, 0.3) is 11.6 Å². The lowest BCUT2D eigenvalue weighted by molar-refractivity contribution is -0.385. The number of benzene rings is 1. The Morgan fingerprint density at radius 1 is 1.30 bits per heavy atom. The fourth-order valence-corrected chi connectivity index (χ4v) is 3.69. The molecular formula is C11H11BrN2O5S. The van der Waals surface area contributed by atoms with Crippen LogP contribution in [0.3, 0.4) is 0 Å². The van der Waals surface area contributed by atoms with Crippen LogP contribution in [0.4, 0.5) is 5.69 Å². The maximum atomic E-state index is 12.3. The van der Waals surface area contributed by atoms with Gasteiger partial charge in [-0.25, -0.2) is 8.42 Å². The van der Waals surface area contributed by atoms with Crippen LogP contribution in [0.5, 0.6) is 0 Å². The Kier molecular flexibility index (Phi) is 4.09. The summed E-state index contributed by atoms with van der Waals surface area (Å²) in [5.41, 5.74) is -0.0287. The summed E-state index contributed by atoms with van der Waals surface area (Å²) < 4.78 is 22.8. The van der Waals surface area contributed by atoms with Crippen molar-refractivity contribution in [2.75, 3.05) is 24.6 Å². The van der Waals surface area contributed by atoms with Crippen LogP contribution in [-0.4, -0.2) is 48.7 Å². The molecule has 0 saturated carbocycles. The van der Waals surface area contributed by atoms with E-state index in [9.17, 15) is 23.3 Å². The molecule has 9 heteroatoms. The molecule has 0 atom stereocenters. The van der Waals surface area contributed by atoms with Crippen LogP contribution in [0, 0.1) is 10.1 Å². The van der Waals surface area contributed by atoms with Gasteiger partial charge in [0.05, 0.1) is 22.0 Å². The molecule has 0 unspecified atom stereocenters. The minimum absolute atomic E-state index is 0.0781. The third-order valence-electron chi connectivity index (χ3n) is 3.04. The first-order valence-electron chi connectivity index (χ1n) is 5.74. The number of hydrogen-bond donors (Lipinski definition) is 0. The number of carbonyl (C=O) groups is 1. The van der Waals surface area contributed by atoms with E-state index < -0.39 is 20.7 Å². The monoisotopic (exact) mass is 362 g/mol. The molecule has 7 nitrogen and oxygen atoms in total. The van der Waals surface area contributed by atoms with Gasteiger partial charge in [-0.1, -0.05) is 6.07 Å². The van der Waals surface area contributed by atoms with Crippen LogP contribution in [0.1, 0.15) is 10.4 Å². The van der Waals surface area contributed by atoms with Crippen molar-refractivity contribution in [2.45, 2.75) is 0 Å². The number of nitro groups is 1. The average Bonchev–Trinajstić information content (AvgIpc) is 2.38.